The zero-order valence-corrected chi connectivity index (χ0v) is 15.7. The zero-order valence-electron chi connectivity index (χ0n) is 15.7. The molecule has 1 aromatic rings. The minimum atomic E-state index is -2.18. The molecule has 0 saturated heterocycles. The van der Waals surface area contributed by atoms with E-state index in [1.54, 1.807) is 62.4 Å². The smallest absolute Gasteiger partial charge is 0.218 e. The molecule has 2 aliphatic rings. The predicted octanol–water partition coefficient (Wildman–Crippen LogP) is 3.41. The molecule has 0 aliphatic heterocycles. The standard InChI is InChI=1S/C23H24O4/c1-5-9-11-15-17-13-20-16(12-21(17)22(24,25)18(15)8-4)14(7-3)19(10-6-2)23(20,26)27/h5-13,24-27H,3H2,1-2,4H3/b9-5-,10-6-,15-11-,18-8+. The van der Waals surface area contributed by atoms with Crippen LogP contribution in [0.4, 0.5) is 0 Å². The third-order valence-electron chi connectivity index (χ3n) is 5.10. The zero-order chi connectivity index (χ0) is 20.0. The summed E-state index contributed by atoms with van der Waals surface area (Å²) in [5, 5.41) is 43.2. The van der Waals surface area contributed by atoms with Gasteiger partial charge in [0.05, 0.1) is 0 Å². The number of allylic oxidation sites excluding steroid dienone is 7. The first kappa shape index (κ1) is 19.3. The van der Waals surface area contributed by atoms with E-state index in [9.17, 15) is 20.4 Å². The van der Waals surface area contributed by atoms with Crippen LogP contribution in [0.5, 0.6) is 0 Å². The molecule has 0 radical (unpaired) electrons. The molecule has 0 aromatic heterocycles. The van der Waals surface area contributed by atoms with E-state index in [0.717, 1.165) is 0 Å². The van der Waals surface area contributed by atoms with Crippen molar-refractivity contribution < 1.29 is 20.4 Å². The molecule has 3 rings (SSSR count). The molecule has 0 bridgehead atoms. The Morgan fingerprint density at radius 2 is 1.52 bits per heavy atom. The normalized spacial score (nSPS) is 23.1. The van der Waals surface area contributed by atoms with E-state index in [2.05, 4.69) is 6.58 Å². The van der Waals surface area contributed by atoms with Gasteiger partial charge in [-0.2, -0.15) is 0 Å². The van der Waals surface area contributed by atoms with Crippen molar-refractivity contribution in [3.05, 3.63) is 94.6 Å². The molecule has 140 valence electrons. The largest absolute Gasteiger partial charge is 0.358 e. The molecule has 2 aliphatic carbocycles. The van der Waals surface area contributed by atoms with Gasteiger partial charge in [0.15, 0.2) is 0 Å². The van der Waals surface area contributed by atoms with Crippen LogP contribution in [0.3, 0.4) is 0 Å². The Morgan fingerprint density at radius 3 is 2.07 bits per heavy atom. The van der Waals surface area contributed by atoms with Gasteiger partial charge < -0.3 is 20.4 Å². The fourth-order valence-corrected chi connectivity index (χ4v) is 3.90. The number of hydrogen-bond acceptors (Lipinski definition) is 4. The number of benzene rings is 1. The van der Waals surface area contributed by atoms with Gasteiger partial charge in [0.25, 0.3) is 0 Å². The van der Waals surface area contributed by atoms with Gasteiger partial charge >= 0.3 is 0 Å². The van der Waals surface area contributed by atoms with Gasteiger partial charge in [-0.1, -0.05) is 49.1 Å². The molecule has 0 heterocycles. The van der Waals surface area contributed by atoms with Crippen LogP contribution in [0.25, 0.3) is 11.1 Å². The lowest BCUT2D eigenvalue weighted by molar-refractivity contribution is -0.132. The minimum absolute atomic E-state index is 0.295. The lowest BCUT2D eigenvalue weighted by atomic mass is 9.95. The minimum Gasteiger partial charge on any atom is -0.358 e. The molecule has 27 heavy (non-hydrogen) atoms. The highest BCUT2D eigenvalue weighted by Crippen LogP contribution is 2.52. The molecule has 0 fully saturated rings. The molecule has 0 atom stereocenters. The van der Waals surface area contributed by atoms with E-state index < -0.39 is 11.6 Å². The second-order valence-electron chi connectivity index (χ2n) is 6.63. The van der Waals surface area contributed by atoms with E-state index in [4.69, 9.17) is 0 Å². The van der Waals surface area contributed by atoms with Crippen LogP contribution in [0.15, 0.2) is 72.4 Å². The Hall–Kier alpha value is -2.50. The van der Waals surface area contributed by atoms with E-state index in [0.29, 0.717) is 44.5 Å². The van der Waals surface area contributed by atoms with Gasteiger partial charge in [-0.3, -0.25) is 0 Å². The molecule has 0 spiro atoms. The first-order chi connectivity index (χ1) is 12.7. The number of fused-ring (bicyclic) bond motifs is 2. The summed E-state index contributed by atoms with van der Waals surface area (Å²) in [5.41, 5.74) is 3.54. The Bertz CT molecular complexity index is 966. The second kappa shape index (κ2) is 6.59. The molecule has 0 saturated carbocycles. The summed E-state index contributed by atoms with van der Waals surface area (Å²) < 4.78 is 0. The van der Waals surface area contributed by atoms with Crippen molar-refractivity contribution in [2.24, 2.45) is 0 Å². The molecule has 4 N–H and O–H groups in total. The lowest BCUT2D eigenvalue weighted by Gasteiger charge is -2.21. The van der Waals surface area contributed by atoms with Crippen LogP contribution >= 0.6 is 0 Å². The molecule has 4 nitrogen and oxygen atoms in total. The summed E-state index contributed by atoms with van der Waals surface area (Å²) in [6, 6.07) is 3.23. The van der Waals surface area contributed by atoms with Crippen LogP contribution in [0, 0.1) is 0 Å². The highest BCUT2D eigenvalue weighted by atomic mass is 16.5. The van der Waals surface area contributed by atoms with E-state index in [1.165, 1.54) is 0 Å². The molecular formula is C23H24O4. The van der Waals surface area contributed by atoms with Crippen molar-refractivity contribution >= 4 is 11.1 Å². The van der Waals surface area contributed by atoms with Gasteiger partial charge in [-0.25, -0.2) is 0 Å². The van der Waals surface area contributed by atoms with Crippen molar-refractivity contribution in [2.45, 2.75) is 32.3 Å². The van der Waals surface area contributed by atoms with Crippen molar-refractivity contribution in [1.29, 1.82) is 0 Å². The van der Waals surface area contributed by atoms with Crippen molar-refractivity contribution in [1.82, 2.24) is 0 Å². The molecule has 0 unspecified atom stereocenters. The van der Waals surface area contributed by atoms with E-state index >= 15 is 0 Å². The van der Waals surface area contributed by atoms with Gasteiger partial charge in [-0.05, 0) is 55.2 Å². The highest BCUT2D eigenvalue weighted by Gasteiger charge is 2.47. The number of hydrogen-bond donors (Lipinski definition) is 4. The summed E-state index contributed by atoms with van der Waals surface area (Å²) in [6.45, 7) is 9.18. The van der Waals surface area contributed by atoms with E-state index in [1.807, 2.05) is 13.0 Å². The first-order valence-corrected chi connectivity index (χ1v) is 8.84. The summed E-state index contributed by atoms with van der Waals surface area (Å²) >= 11 is 0. The Morgan fingerprint density at radius 1 is 0.889 bits per heavy atom. The lowest BCUT2D eigenvalue weighted by Crippen LogP contribution is -2.25. The Kier molecular flexibility index (Phi) is 4.70. The molecule has 0 amide bonds. The third-order valence-corrected chi connectivity index (χ3v) is 5.10. The quantitative estimate of drug-likeness (QED) is 0.620. The summed E-state index contributed by atoms with van der Waals surface area (Å²) in [5.74, 6) is -4.34. The maximum Gasteiger partial charge on any atom is 0.218 e. The monoisotopic (exact) mass is 364 g/mol. The Balaban J connectivity index is 2.38. The summed E-state index contributed by atoms with van der Waals surface area (Å²) in [6.07, 6.45) is 12.0. The average molecular weight is 364 g/mol. The van der Waals surface area contributed by atoms with Gasteiger partial charge in [0.2, 0.25) is 11.6 Å². The first-order valence-electron chi connectivity index (χ1n) is 8.84. The molecular weight excluding hydrogens is 340 g/mol. The fourth-order valence-electron chi connectivity index (χ4n) is 3.90. The van der Waals surface area contributed by atoms with E-state index in [-0.39, 0.29) is 0 Å². The third kappa shape index (κ3) is 2.61. The second-order valence-corrected chi connectivity index (χ2v) is 6.63. The molecule has 1 aromatic carbocycles. The van der Waals surface area contributed by atoms with Crippen molar-refractivity contribution in [3.8, 4) is 0 Å². The van der Waals surface area contributed by atoms with Crippen LogP contribution in [-0.2, 0) is 11.6 Å². The topological polar surface area (TPSA) is 80.9 Å². The predicted molar refractivity (Wildman–Crippen MR) is 107 cm³/mol. The number of aliphatic hydroxyl groups is 4. The van der Waals surface area contributed by atoms with Crippen molar-refractivity contribution in [2.75, 3.05) is 0 Å². The average Bonchev–Trinajstić information content (AvgIpc) is 2.97. The van der Waals surface area contributed by atoms with Crippen molar-refractivity contribution in [3.63, 3.8) is 0 Å². The van der Waals surface area contributed by atoms with Gasteiger partial charge in [-0.15, -0.1) is 0 Å². The summed E-state index contributed by atoms with van der Waals surface area (Å²) in [7, 11) is 0. The van der Waals surface area contributed by atoms with Crippen LogP contribution in [0.1, 0.15) is 43.0 Å². The van der Waals surface area contributed by atoms with Crippen LogP contribution in [-0.4, -0.2) is 20.4 Å². The van der Waals surface area contributed by atoms with Crippen LogP contribution in [0.2, 0.25) is 0 Å². The Labute approximate surface area is 159 Å². The molecule has 4 heteroatoms. The fraction of sp³-hybridized carbons (Fsp3) is 0.217. The maximum absolute atomic E-state index is 10.8. The number of rotatable bonds is 3. The van der Waals surface area contributed by atoms with Gasteiger partial charge in [0.1, 0.15) is 0 Å². The van der Waals surface area contributed by atoms with Crippen LogP contribution < -0.4 is 0 Å². The van der Waals surface area contributed by atoms with Gasteiger partial charge in [0, 0.05) is 22.3 Å². The highest BCUT2D eigenvalue weighted by molar-refractivity contribution is 5.94. The summed E-state index contributed by atoms with van der Waals surface area (Å²) in [4.78, 5) is 0. The maximum atomic E-state index is 10.8. The SMILES string of the molecule is C=CC1=C(/C=C\C)C(O)(O)c2cc3c(cc21)C(O)(O)C(=C/C)/C3=C\C=C/C.